The topological polar surface area (TPSA) is 115 Å². The van der Waals surface area contributed by atoms with Crippen LogP contribution in [0.15, 0.2) is 54.7 Å². The number of aryl methyl sites for hydroxylation is 1. The number of hydrogen-bond donors (Lipinski definition) is 3. The smallest absolute Gasteiger partial charge is 0.276 e. The number of fused-ring (bicyclic) bond motifs is 1. The summed E-state index contributed by atoms with van der Waals surface area (Å²) in [4.78, 5) is 35.6. The number of aromatic nitrogens is 1. The van der Waals surface area contributed by atoms with Gasteiger partial charge in [0.2, 0.25) is 0 Å². The van der Waals surface area contributed by atoms with Gasteiger partial charge in [-0.25, -0.2) is 0 Å². The van der Waals surface area contributed by atoms with E-state index in [0.29, 0.717) is 5.56 Å². The molecule has 0 radical (unpaired) electrons. The Morgan fingerprint density at radius 3 is 2.48 bits per heavy atom. The SMILES string of the molecule is Cn1cc(C(=O)NNC(=O)COc2ccccc2C(N)=O)c2ccccc21. The van der Waals surface area contributed by atoms with Gasteiger partial charge in [-0.1, -0.05) is 30.3 Å². The maximum atomic E-state index is 12.4. The first-order chi connectivity index (χ1) is 13.0. The fourth-order valence-electron chi connectivity index (χ4n) is 2.69. The van der Waals surface area contributed by atoms with E-state index in [0.717, 1.165) is 10.9 Å². The normalized spacial score (nSPS) is 10.4. The molecule has 2 aromatic carbocycles. The van der Waals surface area contributed by atoms with Crippen LogP contribution in [0.3, 0.4) is 0 Å². The van der Waals surface area contributed by atoms with Crippen LogP contribution in [0.25, 0.3) is 10.9 Å². The van der Waals surface area contributed by atoms with Crippen molar-refractivity contribution >= 4 is 28.6 Å². The van der Waals surface area contributed by atoms with Crippen LogP contribution in [0.4, 0.5) is 0 Å². The summed E-state index contributed by atoms with van der Waals surface area (Å²) >= 11 is 0. The van der Waals surface area contributed by atoms with Crippen molar-refractivity contribution in [2.75, 3.05) is 6.61 Å². The Morgan fingerprint density at radius 2 is 1.70 bits per heavy atom. The lowest BCUT2D eigenvalue weighted by Gasteiger charge is -2.10. The number of ether oxygens (including phenoxy) is 1. The Morgan fingerprint density at radius 1 is 1.00 bits per heavy atom. The lowest BCUT2D eigenvalue weighted by molar-refractivity contribution is -0.123. The van der Waals surface area contributed by atoms with Crippen LogP contribution < -0.4 is 21.3 Å². The summed E-state index contributed by atoms with van der Waals surface area (Å²) in [7, 11) is 1.84. The Hall–Kier alpha value is -3.81. The van der Waals surface area contributed by atoms with Crippen LogP contribution in [-0.2, 0) is 11.8 Å². The van der Waals surface area contributed by atoms with E-state index in [1.54, 1.807) is 18.3 Å². The second-order valence-electron chi connectivity index (χ2n) is 5.82. The van der Waals surface area contributed by atoms with Gasteiger partial charge in [-0.2, -0.15) is 0 Å². The lowest BCUT2D eigenvalue weighted by atomic mass is 10.2. The number of primary amides is 1. The molecule has 3 aromatic rings. The molecule has 0 unspecified atom stereocenters. The Kier molecular flexibility index (Phi) is 5.07. The van der Waals surface area contributed by atoms with Gasteiger partial charge in [-0.3, -0.25) is 25.2 Å². The van der Waals surface area contributed by atoms with Gasteiger partial charge in [-0.05, 0) is 18.2 Å². The van der Waals surface area contributed by atoms with E-state index < -0.39 is 17.7 Å². The maximum absolute atomic E-state index is 12.4. The predicted molar refractivity (Wildman–Crippen MR) is 99.0 cm³/mol. The van der Waals surface area contributed by atoms with Gasteiger partial charge >= 0.3 is 0 Å². The Bertz CT molecular complexity index is 1030. The van der Waals surface area contributed by atoms with Gasteiger partial charge in [0, 0.05) is 24.1 Å². The third-order valence-corrected chi connectivity index (χ3v) is 3.97. The summed E-state index contributed by atoms with van der Waals surface area (Å²) in [6, 6.07) is 13.8. The molecule has 8 heteroatoms. The molecule has 0 aliphatic rings. The molecule has 0 aliphatic heterocycles. The molecule has 1 aromatic heterocycles. The van der Waals surface area contributed by atoms with Crippen molar-refractivity contribution in [1.82, 2.24) is 15.4 Å². The molecule has 0 fully saturated rings. The summed E-state index contributed by atoms with van der Waals surface area (Å²) in [5, 5.41) is 0.776. The van der Waals surface area contributed by atoms with Gasteiger partial charge in [0.1, 0.15) is 5.75 Å². The molecule has 3 rings (SSSR count). The Balaban J connectivity index is 1.59. The average molecular weight is 366 g/mol. The van der Waals surface area contributed by atoms with Gasteiger partial charge in [0.15, 0.2) is 6.61 Å². The van der Waals surface area contributed by atoms with Crippen LogP contribution in [0, 0.1) is 0 Å². The Labute approximate surface area is 154 Å². The highest BCUT2D eigenvalue weighted by Crippen LogP contribution is 2.20. The minimum atomic E-state index is -0.657. The van der Waals surface area contributed by atoms with Crippen LogP contribution in [0.1, 0.15) is 20.7 Å². The summed E-state index contributed by atoms with van der Waals surface area (Å²) in [6.07, 6.45) is 1.69. The molecule has 1 heterocycles. The number of benzene rings is 2. The van der Waals surface area contributed by atoms with Crippen molar-refractivity contribution in [1.29, 1.82) is 0 Å². The summed E-state index contributed by atoms with van der Waals surface area (Å²) in [5.74, 6) is -1.49. The number of hydrazine groups is 1. The summed E-state index contributed by atoms with van der Waals surface area (Å²) in [6.45, 7) is -0.389. The second-order valence-corrected chi connectivity index (χ2v) is 5.82. The molecule has 0 aliphatic carbocycles. The molecule has 8 nitrogen and oxygen atoms in total. The number of hydrogen-bond acceptors (Lipinski definition) is 4. The number of nitrogens with zero attached hydrogens (tertiary/aromatic N) is 1. The third kappa shape index (κ3) is 3.90. The number of carbonyl (C=O) groups excluding carboxylic acids is 3. The van der Waals surface area contributed by atoms with E-state index in [1.807, 2.05) is 35.9 Å². The zero-order chi connectivity index (χ0) is 19.4. The zero-order valence-corrected chi connectivity index (χ0v) is 14.6. The van der Waals surface area contributed by atoms with E-state index in [9.17, 15) is 14.4 Å². The second kappa shape index (κ2) is 7.61. The molecule has 0 saturated carbocycles. The average Bonchev–Trinajstić information content (AvgIpc) is 3.01. The molecule has 0 spiro atoms. The van der Waals surface area contributed by atoms with E-state index in [2.05, 4.69) is 10.9 Å². The van der Waals surface area contributed by atoms with Gasteiger partial charge in [-0.15, -0.1) is 0 Å². The fourth-order valence-corrected chi connectivity index (χ4v) is 2.69. The number of carbonyl (C=O) groups is 3. The van der Waals surface area contributed by atoms with Crippen molar-refractivity contribution in [2.45, 2.75) is 0 Å². The van der Waals surface area contributed by atoms with Crippen molar-refractivity contribution in [3.8, 4) is 5.75 Å². The van der Waals surface area contributed by atoms with E-state index in [4.69, 9.17) is 10.5 Å². The largest absolute Gasteiger partial charge is 0.483 e. The lowest BCUT2D eigenvalue weighted by Crippen LogP contribution is -2.43. The molecule has 138 valence electrons. The number of nitrogens with two attached hydrogens (primary N) is 1. The summed E-state index contributed by atoms with van der Waals surface area (Å²) < 4.78 is 7.13. The molecule has 0 atom stereocenters. The maximum Gasteiger partial charge on any atom is 0.276 e. The molecule has 0 saturated heterocycles. The predicted octanol–water partition coefficient (Wildman–Crippen LogP) is 1.12. The molecule has 0 bridgehead atoms. The van der Waals surface area contributed by atoms with E-state index in [1.165, 1.54) is 12.1 Å². The molecule has 27 heavy (non-hydrogen) atoms. The van der Waals surface area contributed by atoms with Crippen molar-refractivity contribution < 1.29 is 19.1 Å². The van der Waals surface area contributed by atoms with E-state index >= 15 is 0 Å². The first-order valence-corrected chi connectivity index (χ1v) is 8.12. The molecule has 3 amide bonds. The molecular weight excluding hydrogens is 348 g/mol. The van der Waals surface area contributed by atoms with Gasteiger partial charge in [0.05, 0.1) is 11.1 Å². The third-order valence-electron chi connectivity index (χ3n) is 3.97. The van der Waals surface area contributed by atoms with Gasteiger partial charge in [0.25, 0.3) is 17.7 Å². The minimum absolute atomic E-state index is 0.171. The zero-order valence-electron chi connectivity index (χ0n) is 14.6. The quantitative estimate of drug-likeness (QED) is 0.587. The molecule has 4 N–H and O–H groups in total. The molecular formula is C19H18N4O4. The highest BCUT2D eigenvalue weighted by molar-refractivity contribution is 6.07. The van der Waals surface area contributed by atoms with Crippen molar-refractivity contribution in [3.05, 3.63) is 65.9 Å². The highest BCUT2D eigenvalue weighted by atomic mass is 16.5. The summed E-state index contributed by atoms with van der Waals surface area (Å²) in [5.41, 5.74) is 11.4. The highest BCUT2D eigenvalue weighted by Gasteiger charge is 2.15. The van der Waals surface area contributed by atoms with Crippen LogP contribution in [-0.4, -0.2) is 28.9 Å². The van der Waals surface area contributed by atoms with Crippen molar-refractivity contribution in [2.24, 2.45) is 12.8 Å². The van der Waals surface area contributed by atoms with Gasteiger partial charge < -0.3 is 15.0 Å². The number of para-hydroxylation sites is 2. The van der Waals surface area contributed by atoms with Crippen molar-refractivity contribution in [3.63, 3.8) is 0 Å². The van der Waals surface area contributed by atoms with Crippen LogP contribution in [0.5, 0.6) is 5.75 Å². The monoisotopic (exact) mass is 366 g/mol. The number of nitrogens with one attached hydrogen (secondary N) is 2. The fraction of sp³-hybridized carbons (Fsp3) is 0.105. The first kappa shape index (κ1) is 18.0. The first-order valence-electron chi connectivity index (χ1n) is 8.12. The number of rotatable bonds is 5. The standard InChI is InChI=1S/C19H18N4O4/c1-23-10-14(12-6-2-4-8-15(12)23)19(26)22-21-17(24)11-27-16-9-5-3-7-13(16)18(20)25/h2-10H,11H2,1H3,(H2,20,25)(H,21,24)(H,22,26). The van der Waals surface area contributed by atoms with Crippen LogP contribution in [0.2, 0.25) is 0 Å². The minimum Gasteiger partial charge on any atom is -0.483 e. The van der Waals surface area contributed by atoms with E-state index in [-0.39, 0.29) is 17.9 Å². The van der Waals surface area contributed by atoms with Crippen LogP contribution >= 0.6 is 0 Å². The number of amides is 3.